The fourth-order valence-corrected chi connectivity index (χ4v) is 1.30. The van der Waals surface area contributed by atoms with E-state index in [1.54, 1.807) is 6.92 Å². The van der Waals surface area contributed by atoms with Gasteiger partial charge in [-0.3, -0.25) is 0 Å². The molecule has 0 heterocycles. The molecular weight excluding hydrogens is 219 g/mol. The van der Waals surface area contributed by atoms with Crippen molar-refractivity contribution in [2.75, 3.05) is 5.33 Å². The monoisotopic (exact) mass is 230 g/mol. The average molecular weight is 231 g/mol. The van der Waals surface area contributed by atoms with E-state index < -0.39 is 5.67 Å². The van der Waals surface area contributed by atoms with E-state index >= 15 is 0 Å². The maximum absolute atomic E-state index is 13.6. The van der Waals surface area contributed by atoms with Gasteiger partial charge in [0.25, 0.3) is 0 Å². The first kappa shape index (κ1) is 9.72. The molecule has 0 spiro atoms. The number of hydrogen-bond donors (Lipinski definition) is 0. The first-order chi connectivity index (χ1) is 5.56. The maximum Gasteiger partial charge on any atom is 0.142 e. The second-order valence-electron chi connectivity index (χ2n) is 3.20. The Bertz CT molecular complexity index is 251. The molecule has 0 aromatic heterocycles. The van der Waals surface area contributed by atoms with Crippen molar-refractivity contribution in [1.29, 1.82) is 0 Å². The highest BCUT2D eigenvalue weighted by Crippen LogP contribution is 2.27. The molecule has 0 nitrogen and oxygen atoms in total. The van der Waals surface area contributed by atoms with Gasteiger partial charge in [-0.1, -0.05) is 45.8 Å². The highest BCUT2D eigenvalue weighted by Gasteiger charge is 2.23. The lowest BCUT2D eigenvalue weighted by Crippen LogP contribution is -2.16. The Labute approximate surface area is 80.9 Å². The largest absolute Gasteiger partial charge is 0.238 e. The minimum Gasteiger partial charge on any atom is -0.238 e. The molecule has 0 amide bonds. The molecular formula is C10H12BrF. The molecule has 1 rings (SSSR count). The summed E-state index contributed by atoms with van der Waals surface area (Å²) in [5.74, 6) is 0. The normalized spacial score (nSPS) is 15.7. The summed E-state index contributed by atoms with van der Waals surface area (Å²) in [6, 6.07) is 7.51. The molecule has 1 aromatic rings. The smallest absolute Gasteiger partial charge is 0.142 e. The van der Waals surface area contributed by atoms with Crippen LogP contribution in [0.2, 0.25) is 0 Å². The number of hydrogen-bond acceptors (Lipinski definition) is 0. The molecule has 1 aromatic carbocycles. The summed E-state index contributed by atoms with van der Waals surface area (Å²) >= 11 is 3.15. The molecule has 0 aliphatic heterocycles. The standard InChI is InChI=1S/C10H12BrF/c1-8-3-5-9(6-4-8)10(2,12)7-11/h3-6H,7H2,1-2H3. The van der Waals surface area contributed by atoms with Gasteiger partial charge < -0.3 is 0 Å². The van der Waals surface area contributed by atoms with Crippen LogP contribution in [0.4, 0.5) is 4.39 Å². The van der Waals surface area contributed by atoms with Gasteiger partial charge in [-0.25, -0.2) is 4.39 Å². The van der Waals surface area contributed by atoms with E-state index in [0.29, 0.717) is 5.33 Å². The van der Waals surface area contributed by atoms with Crippen LogP contribution in [0.25, 0.3) is 0 Å². The highest BCUT2D eigenvalue weighted by molar-refractivity contribution is 9.09. The lowest BCUT2D eigenvalue weighted by atomic mass is 9.99. The van der Waals surface area contributed by atoms with Crippen LogP contribution in [-0.2, 0) is 5.67 Å². The molecule has 0 radical (unpaired) electrons. The molecule has 0 bridgehead atoms. The number of alkyl halides is 2. The molecule has 12 heavy (non-hydrogen) atoms. The van der Waals surface area contributed by atoms with E-state index in [9.17, 15) is 4.39 Å². The molecule has 1 unspecified atom stereocenters. The van der Waals surface area contributed by atoms with Crippen molar-refractivity contribution in [1.82, 2.24) is 0 Å². The molecule has 0 saturated carbocycles. The third-order valence-electron chi connectivity index (χ3n) is 1.90. The van der Waals surface area contributed by atoms with Gasteiger partial charge in [-0.05, 0) is 19.4 Å². The molecule has 0 saturated heterocycles. The minimum atomic E-state index is -1.26. The van der Waals surface area contributed by atoms with Crippen molar-refractivity contribution in [3.63, 3.8) is 0 Å². The van der Waals surface area contributed by atoms with Crippen LogP contribution < -0.4 is 0 Å². The third kappa shape index (κ3) is 2.07. The highest BCUT2D eigenvalue weighted by atomic mass is 79.9. The van der Waals surface area contributed by atoms with Crippen LogP contribution >= 0.6 is 15.9 Å². The van der Waals surface area contributed by atoms with Gasteiger partial charge in [-0.15, -0.1) is 0 Å². The van der Waals surface area contributed by atoms with Gasteiger partial charge in [-0.2, -0.15) is 0 Å². The Hall–Kier alpha value is -0.370. The van der Waals surface area contributed by atoms with E-state index in [0.717, 1.165) is 11.1 Å². The van der Waals surface area contributed by atoms with Crippen molar-refractivity contribution >= 4 is 15.9 Å². The quantitative estimate of drug-likeness (QED) is 0.682. The average Bonchev–Trinajstić information content (AvgIpc) is 2.05. The van der Waals surface area contributed by atoms with E-state index in [4.69, 9.17) is 0 Å². The molecule has 0 aliphatic carbocycles. The maximum atomic E-state index is 13.6. The van der Waals surface area contributed by atoms with Crippen LogP contribution in [0.15, 0.2) is 24.3 Å². The van der Waals surface area contributed by atoms with Crippen molar-refractivity contribution in [2.45, 2.75) is 19.5 Å². The predicted molar refractivity (Wildman–Crippen MR) is 53.4 cm³/mol. The first-order valence-corrected chi connectivity index (χ1v) is 5.00. The van der Waals surface area contributed by atoms with Gasteiger partial charge >= 0.3 is 0 Å². The van der Waals surface area contributed by atoms with Crippen LogP contribution in [0.3, 0.4) is 0 Å². The molecule has 0 N–H and O–H groups in total. The van der Waals surface area contributed by atoms with Crippen molar-refractivity contribution < 1.29 is 4.39 Å². The molecule has 0 aliphatic rings. The van der Waals surface area contributed by atoms with Crippen LogP contribution in [0.1, 0.15) is 18.1 Å². The minimum absolute atomic E-state index is 0.336. The summed E-state index contributed by atoms with van der Waals surface area (Å²) in [6.07, 6.45) is 0. The zero-order valence-corrected chi connectivity index (χ0v) is 8.86. The summed E-state index contributed by atoms with van der Waals surface area (Å²) in [7, 11) is 0. The summed E-state index contributed by atoms with van der Waals surface area (Å²) in [4.78, 5) is 0. The summed E-state index contributed by atoms with van der Waals surface area (Å²) < 4.78 is 13.6. The van der Waals surface area contributed by atoms with E-state index in [1.165, 1.54) is 0 Å². The van der Waals surface area contributed by atoms with Gasteiger partial charge in [0.1, 0.15) is 5.67 Å². The Balaban J connectivity index is 2.96. The summed E-state index contributed by atoms with van der Waals surface area (Å²) in [5.41, 5.74) is 0.627. The topological polar surface area (TPSA) is 0 Å². The number of halogens is 2. The molecule has 66 valence electrons. The zero-order valence-electron chi connectivity index (χ0n) is 7.27. The summed E-state index contributed by atoms with van der Waals surface area (Å²) in [6.45, 7) is 3.57. The van der Waals surface area contributed by atoms with Crippen molar-refractivity contribution in [2.24, 2.45) is 0 Å². The Morgan fingerprint density at radius 3 is 2.25 bits per heavy atom. The molecule has 2 heteroatoms. The van der Waals surface area contributed by atoms with E-state index in [1.807, 2.05) is 31.2 Å². The fourth-order valence-electron chi connectivity index (χ4n) is 0.978. The van der Waals surface area contributed by atoms with Crippen LogP contribution in [-0.4, -0.2) is 5.33 Å². The van der Waals surface area contributed by atoms with Gasteiger partial charge in [0.15, 0.2) is 0 Å². The Morgan fingerprint density at radius 1 is 1.33 bits per heavy atom. The van der Waals surface area contributed by atoms with E-state index in [-0.39, 0.29) is 0 Å². The fraction of sp³-hybridized carbons (Fsp3) is 0.400. The number of rotatable bonds is 2. The Morgan fingerprint density at radius 2 is 1.83 bits per heavy atom. The second kappa shape index (κ2) is 3.56. The van der Waals surface area contributed by atoms with Crippen LogP contribution in [0.5, 0.6) is 0 Å². The number of aryl methyl sites for hydroxylation is 1. The van der Waals surface area contributed by atoms with Gasteiger partial charge in [0, 0.05) is 5.33 Å². The van der Waals surface area contributed by atoms with Gasteiger partial charge in [0.2, 0.25) is 0 Å². The second-order valence-corrected chi connectivity index (χ2v) is 3.76. The molecule has 1 atom stereocenters. The third-order valence-corrected chi connectivity index (χ3v) is 2.96. The SMILES string of the molecule is Cc1ccc(C(C)(F)CBr)cc1. The van der Waals surface area contributed by atoms with Crippen molar-refractivity contribution in [3.8, 4) is 0 Å². The first-order valence-electron chi connectivity index (χ1n) is 3.88. The predicted octanol–water partition coefficient (Wildman–Crippen LogP) is 3.57. The van der Waals surface area contributed by atoms with Crippen LogP contribution in [0, 0.1) is 6.92 Å². The Kier molecular flexibility index (Phi) is 2.89. The lowest BCUT2D eigenvalue weighted by Gasteiger charge is -2.17. The number of benzene rings is 1. The van der Waals surface area contributed by atoms with E-state index in [2.05, 4.69) is 15.9 Å². The lowest BCUT2D eigenvalue weighted by molar-refractivity contribution is 0.230. The van der Waals surface area contributed by atoms with Crippen molar-refractivity contribution in [3.05, 3.63) is 35.4 Å². The summed E-state index contributed by atoms with van der Waals surface area (Å²) in [5, 5.41) is 0.336. The zero-order chi connectivity index (χ0) is 9.19. The molecule has 0 fully saturated rings. The van der Waals surface area contributed by atoms with Gasteiger partial charge in [0.05, 0.1) is 0 Å².